The van der Waals surface area contributed by atoms with E-state index in [0.29, 0.717) is 34.6 Å². The number of rotatable bonds is 10. The molecule has 2 aromatic carbocycles. The van der Waals surface area contributed by atoms with E-state index in [9.17, 15) is 9.59 Å². The van der Waals surface area contributed by atoms with E-state index in [2.05, 4.69) is 20.8 Å². The van der Waals surface area contributed by atoms with Crippen molar-refractivity contribution in [2.24, 2.45) is 0 Å². The smallest absolute Gasteiger partial charge is 0.240 e. The van der Waals surface area contributed by atoms with Crippen molar-refractivity contribution < 1.29 is 18.8 Å². The zero-order valence-electron chi connectivity index (χ0n) is 18.7. The molecule has 0 unspecified atom stereocenters. The lowest BCUT2D eigenvalue weighted by molar-refractivity contribution is -0.117. The van der Waals surface area contributed by atoms with Gasteiger partial charge in [-0.05, 0) is 43.3 Å². The van der Waals surface area contributed by atoms with Crippen molar-refractivity contribution in [2.75, 3.05) is 30.8 Å². The summed E-state index contributed by atoms with van der Waals surface area (Å²) in [6, 6.07) is 12.4. The second kappa shape index (κ2) is 11.4. The molecule has 0 saturated heterocycles. The number of benzene rings is 2. The summed E-state index contributed by atoms with van der Waals surface area (Å²) in [5, 5.41) is 10.1. The average molecular weight is 472 g/mol. The number of ether oxygens (including phenoxy) is 1. The van der Waals surface area contributed by atoms with Gasteiger partial charge in [0, 0.05) is 10.7 Å². The van der Waals surface area contributed by atoms with Crippen LogP contribution in [0.3, 0.4) is 0 Å². The van der Waals surface area contributed by atoms with E-state index in [1.54, 1.807) is 30.3 Å². The minimum absolute atomic E-state index is 0.0534. The molecule has 0 bridgehead atoms. The van der Waals surface area contributed by atoms with E-state index in [1.165, 1.54) is 7.11 Å². The summed E-state index contributed by atoms with van der Waals surface area (Å²) in [5.41, 5.74) is 2.15. The van der Waals surface area contributed by atoms with Gasteiger partial charge >= 0.3 is 0 Å². The van der Waals surface area contributed by atoms with Crippen molar-refractivity contribution >= 4 is 34.8 Å². The third kappa shape index (κ3) is 7.03. The predicted molar refractivity (Wildman–Crippen MR) is 125 cm³/mol. The topological polar surface area (TPSA) is 110 Å². The molecule has 0 atom stereocenters. The first-order chi connectivity index (χ1) is 15.9. The van der Waals surface area contributed by atoms with Crippen molar-refractivity contribution in [2.45, 2.75) is 26.8 Å². The Morgan fingerprint density at radius 1 is 1.12 bits per heavy atom. The van der Waals surface area contributed by atoms with Crippen molar-refractivity contribution in [3.63, 3.8) is 0 Å². The molecule has 174 valence electrons. The largest absolute Gasteiger partial charge is 0.495 e. The number of methoxy groups -OCH3 is 1. The minimum atomic E-state index is -0.296. The molecule has 1 heterocycles. The number of para-hydroxylation sites is 2. The van der Waals surface area contributed by atoms with Crippen LogP contribution in [-0.2, 0) is 22.6 Å². The molecule has 33 heavy (non-hydrogen) atoms. The standard InChI is InChI=1S/C23H26ClN5O4/c1-4-29(13-22(31)26-18-11-16(24)10-9-15(18)2)14-23-27-20(28-33-23)12-21(30)25-17-7-5-6-8-19(17)32-3/h5-11H,4,12-14H2,1-3H3,(H,25,30)(H,26,31). The van der Waals surface area contributed by atoms with Crippen LogP contribution < -0.4 is 15.4 Å². The number of nitrogens with zero attached hydrogens (tertiary/aromatic N) is 3. The Balaban J connectivity index is 1.54. The van der Waals surface area contributed by atoms with Gasteiger partial charge in [-0.3, -0.25) is 14.5 Å². The fourth-order valence-electron chi connectivity index (χ4n) is 3.10. The molecular formula is C23H26ClN5O4. The monoisotopic (exact) mass is 471 g/mol. The van der Waals surface area contributed by atoms with Gasteiger partial charge in [0.25, 0.3) is 0 Å². The minimum Gasteiger partial charge on any atom is -0.495 e. The van der Waals surface area contributed by atoms with Gasteiger partial charge in [-0.2, -0.15) is 4.98 Å². The van der Waals surface area contributed by atoms with Crippen LogP contribution in [0.5, 0.6) is 5.75 Å². The first kappa shape index (κ1) is 24.2. The summed E-state index contributed by atoms with van der Waals surface area (Å²) in [6.45, 7) is 4.82. The summed E-state index contributed by atoms with van der Waals surface area (Å²) >= 11 is 6.02. The quantitative estimate of drug-likeness (QED) is 0.464. The highest BCUT2D eigenvalue weighted by atomic mass is 35.5. The highest BCUT2D eigenvalue weighted by Crippen LogP contribution is 2.23. The fraction of sp³-hybridized carbons (Fsp3) is 0.304. The van der Waals surface area contributed by atoms with E-state index in [4.69, 9.17) is 20.9 Å². The van der Waals surface area contributed by atoms with Gasteiger partial charge in [0.2, 0.25) is 17.7 Å². The van der Waals surface area contributed by atoms with E-state index in [-0.39, 0.29) is 37.1 Å². The zero-order valence-corrected chi connectivity index (χ0v) is 19.5. The Hall–Kier alpha value is -3.43. The maximum Gasteiger partial charge on any atom is 0.240 e. The molecule has 10 heteroatoms. The van der Waals surface area contributed by atoms with Gasteiger partial charge in [-0.25, -0.2) is 0 Å². The number of anilines is 2. The van der Waals surface area contributed by atoms with E-state index >= 15 is 0 Å². The van der Waals surface area contributed by atoms with Gasteiger partial charge < -0.3 is 19.9 Å². The number of aromatic nitrogens is 2. The van der Waals surface area contributed by atoms with E-state index < -0.39 is 0 Å². The molecule has 2 N–H and O–H groups in total. The highest BCUT2D eigenvalue weighted by molar-refractivity contribution is 6.31. The summed E-state index contributed by atoms with van der Waals surface area (Å²) in [6.07, 6.45) is -0.0534. The molecule has 0 aliphatic heterocycles. The maximum absolute atomic E-state index is 12.5. The Kier molecular flexibility index (Phi) is 8.39. The molecule has 9 nitrogen and oxygen atoms in total. The molecule has 0 fully saturated rings. The lowest BCUT2D eigenvalue weighted by Gasteiger charge is -2.18. The Morgan fingerprint density at radius 2 is 1.88 bits per heavy atom. The first-order valence-corrected chi connectivity index (χ1v) is 10.8. The Bertz CT molecular complexity index is 1120. The number of hydrogen-bond acceptors (Lipinski definition) is 7. The first-order valence-electron chi connectivity index (χ1n) is 10.4. The number of amides is 2. The van der Waals surface area contributed by atoms with Crippen LogP contribution in [0.25, 0.3) is 0 Å². The number of halogens is 1. The molecule has 1 aromatic heterocycles. The lowest BCUT2D eigenvalue weighted by Crippen LogP contribution is -2.33. The number of carbonyl (C=O) groups excluding carboxylic acids is 2. The second-order valence-electron chi connectivity index (χ2n) is 7.34. The molecule has 0 spiro atoms. The predicted octanol–water partition coefficient (Wildman–Crippen LogP) is 3.68. The van der Waals surface area contributed by atoms with Gasteiger partial charge in [0.1, 0.15) is 5.75 Å². The van der Waals surface area contributed by atoms with Crippen molar-refractivity contribution in [3.05, 3.63) is 64.8 Å². The van der Waals surface area contributed by atoms with Crippen LogP contribution in [0, 0.1) is 6.92 Å². The number of hydrogen-bond donors (Lipinski definition) is 2. The molecule has 0 aliphatic carbocycles. The normalized spacial score (nSPS) is 10.8. The molecular weight excluding hydrogens is 446 g/mol. The second-order valence-corrected chi connectivity index (χ2v) is 7.78. The van der Waals surface area contributed by atoms with Crippen LogP contribution in [0.15, 0.2) is 47.0 Å². The van der Waals surface area contributed by atoms with Gasteiger partial charge in [-0.1, -0.05) is 41.9 Å². The van der Waals surface area contributed by atoms with E-state index in [0.717, 1.165) is 5.56 Å². The number of carbonyl (C=O) groups is 2. The van der Waals surface area contributed by atoms with Crippen molar-refractivity contribution in [3.8, 4) is 5.75 Å². The average Bonchev–Trinajstić information content (AvgIpc) is 3.22. The van der Waals surface area contributed by atoms with Crippen LogP contribution in [0.1, 0.15) is 24.2 Å². The van der Waals surface area contributed by atoms with Crippen molar-refractivity contribution in [1.29, 1.82) is 0 Å². The van der Waals surface area contributed by atoms with Crippen LogP contribution in [-0.4, -0.2) is 47.1 Å². The third-order valence-corrected chi connectivity index (χ3v) is 5.09. The lowest BCUT2D eigenvalue weighted by atomic mass is 10.2. The molecule has 0 saturated carbocycles. The summed E-state index contributed by atoms with van der Waals surface area (Å²) in [5.74, 6) is 0.661. The van der Waals surface area contributed by atoms with Gasteiger partial charge in [0.15, 0.2) is 5.82 Å². The number of aryl methyl sites for hydroxylation is 1. The van der Waals surface area contributed by atoms with E-state index in [1.807, 2.05) is 30.9 Å². The van der Waals surface area contributed by atoms with Crippen molar-refractivity contribution in [1.82, 2.24) is 15.0 Å². The zero-order chi connectivity index (χ0) is 23.8. The van der Waals surface area contributed by atoms with Gasteiger partial charge in [-0.15, -0.1) is 0 Å². The fourth-order valence-corrected chi connectivity index (χ4v) is 3.28. The Labute approximate surface area is 197 Å². The highest BCUT2D eigenvalue weighted by Gasteiger charge is 2.17. The molecule has 2 amide bonds. The van der Waals surface area contributed by atoms with Crippen LogP contribution in [0.2, 0.25) is 5.02 Å². The summed E-state index contributed by atoms with van der Waals surface area (Å²) in [4.78, 5) is 31.0. The molecule has 3 rings (SSSR count). The molecule has 0 radical (unpaired) electrons. The Morgan fingerprint density at radius 3 is 2.64 bits per heavy atom. The van der Waals surface area contributed by atoms with Crippen LogP contribution in [0.4, 0.5) is 11.4 Å². The third-order valence-electron chi connectivity index (χ3n) is 4.86. The van der Waals surface area contributed by atoms with Crippen LogP contribution >= 0.6 is 11.6 Å². The SMILES string of the molecule is CCN(CC(=O)Nc1cc(Cl)ccc1C)Cc1nc(CC(=O)Nc2ccccc2OC)no1. The van der Waals surface area contributed by atoms with Gasteiger partial charge in [0.05, 0.1) is 32.3 Å². The summed E-state index contributed by atoms with van der Waals surface area (Å²) < 4.78 is 10.5. The maximum atomic E-state index is 12.5. The number of likely N-dealkylation sites (N-methyl/N-ethyl adjacent to an activating group) is 1. The summed E-state index contributed by atoms with van der Waals surface area (Å²) in [7, 11) is 1.53. The molecule has 0 aliphatic rings. The number of nitrogens with one attached hydrogen (secondary N) is 2. The molecule has 3 aromatic rings.